The molecule has 0 spiro atoms. The highest BCUT2D eigenvalue weighted by atomic mass is 32.2. The van der Waals surface area contributed by atoms with Gasteiger partial charge in [0.2, 0.25) is 5.91 Å². The zero-order valence-corrected chi connectivity index (χ0v) is 16.9. The van der Waals surface area contributed by atoms with E-state index in [1.807, 2.05) is 37.4 Å². The lowest BCUT2D eigenvalue weighted by Crippen LogP contribution is -2.16. The van der Waals surface area contributed by atoms with Gasteiger partial charge in [0.1, 0.15) is 12.1 Å². The Labute approximate surface area is 176 Å². The third-order valence-electron chi connectivity index (χ3n) is 4.25. The van der Waals surface area contributed by atoms with Crippen LogP contribution in [0.25, 0.3) is 10.9 Å². The van der Waals surface area contributed by atoms with Gasteiger partial charge in [0.25, 0.3) is 5.91 Å². The number of carbonyl (C=O) groups excluding carboxylic acids is 2. The molecule has 2 heterocycles. The van der Waals surface area contributed by atoms with Crippen molar-refractivity contribution in [2.75, 3.05) is 16.4 Å². The first-order chi connectivity index (χ1) is 14.6. The van der Waals surface area contributed by atoms with Gasteiger partial charge in [-0.25, -0.2) is 4.98 Å². The lowest BCUT2D eigenvalue weighted by atomic mass is 10.2. The number of nitrogens with one attached hydrogen (secondary N) is 2. The Hall–Kier alpha value is -3.72. The molecule has 2 aromatic heterocycles. The van der Waals surface area contributed by atoms with Crippen LogP contribution < -0.4 is 10.6 Å². The summed E-state index contributed by atoms with van der Waals surface area (Å²) in [5.74, 6) is 0.150. The second-order valence-corrected chi connectivity index (χ2v) is 7.43. The van der Waals surface area contributed by atoms with Crippen molar-refractivity contribution in [2.45, 2.75) is 5.16 Å². The Balaban J connectivity index is 1.39. The summed E-state index contributed by atoms with van der Waals surface area (Å²) in [6, 6.07) is 18.1. The highest BCUT2D eigenvalue weighted by Gasteiger charge is 2.11. The van der Waals surface area contributed by atoms with E-state index in [4.69, 9.17) is 0 Å². The molecule has 4 rings (SSSR count). The lowest BCUT2D eigenvalue weighted by molar-refractivity contribution is -0.113. The number of carbonyl (C=O) groups is 2. The Kier molecular flexibility index (Phi) is 5.71. The molecule has 9 heteroatoms. The van der Waals surface area contributed by atoms with Gasteiger partial charge < -0.3 is 15.2 Å². The number of pyridine rings is 1. The molecule has 8 nitrogen and oxygen atoms in total. The number of hydrogen-bond acceptors (Lipinski definition) is 6. The molecule has 0 aliphatic heterocycles. The second kappa shape index (κ2) is 8.75. The zero-order valence-electron chi connectivity index (χ0n) is 16.1. The standard InChI is InChI=1S/C21H18N6O2S/c1-27-13-22-26-21(27)30-12-19(28)23-16-7-4-6-15(11-16)20(29)25-18-10-9-14-5-2-3-8-17(14)24-18/h2-11,13H,12H2,1H3,(H,23,28)(H,24,25,29). The summed E-state index contributed by atoms with van der Waals surface area (Å²) in [6.07, 6.45) is 1.58. The van der Waals surface area contributed by atoms with Gasteiger partial charge in [-0.1, -0.05) is 36.0 Å². The van der Waals surface area contributed by atoms with Crippen LogP contribution in [0, 0.1) is 0 Å². The van der Waals surface area contributed by atoms with Crippen LogP contribution in [0.4, 0.5) is 11.5 Å². The van der Waals surface area contributed by atoms with E-state index in [0.29, 0.717) is 22.2 Å². The molecule has 4 aromatic rings. The highest BCUT2D eigenvalue weighted by molar-refractivity contribution is 7.99. The quantitative estimate of drug-likeness (QED) is 0.466. The monoisotopic (exact) mass is 418 g/mol. The number of thioether (sulfide) groups is 1. The molecule has 2 amide bonds. The van der Waals surface area contributed by atoms with Gasteiger partial charge in [0.05, 0.1) is 11.3 Å². The number of benzene rings is 2. The number of rotatable bonds is 6. The predicted octanol–water partition coefficient (Wildman–Crippen LogP) is 3.35. The van der Waals surface area contributed by atoms with Crippen LogP contribution in [0.5, 0.6) is 0 Å². The summed E-state index contributed by atoms with van der Waals surface area (Å²) in [5.41, 5.74) is 1.76. The van der Waals surface area contributed by atoms with Gasteiger partial charge in [-0.15, -0.1) is 10.2 Å². The number of amides is 2. The number of hydrogen-bond donors (Lipinski definition) is 2. The maximum atomic E-state index is 12.6. The molecule has 0 fully saturated rings. The van der Waals surface area contributed by atoms with Gasteiger partial charge in [-0.2, -0.15) is 0 Å². The van der Waals surface area contributed by atoms with Gasteiger partial charge in [0, 0.05) is 23.7 Å². The molecular weight excluding hydrogens is 400 g/mol. The summed E-state index contributed by atoms with van der Waals surface area (Å²) in [6.45, 7) is 0. The van der Waals surface area contributed by atoms with Crippen LogP contribution in [0.2, 0.25) is 0 Å². The Morgan fingerprint density at radius 2 is 1.90 bits per heavy atom. The normalized spacial score (nSPS) is 10.7. The highest BCUT2D eigenvalue weighted by Crippen LogP contribution is 2.18. The maximum absolute atomic E-state index is 12.6. The first kappa shape index (κ1) is 19.6. The second-order valence-electron chi connectivity index (χ2n) is 6.49. The Bertz CT molecular complexity index is 1220. The van der Waals surface area contributed by atoms with Crippen LogP contribution in [-0.4, -0.2) is 37.3 Å². The van der Waals surface area contributed by atoms with Gasteiger partial charge in [0.15, 0.2) is 5.16 Å². The van der Waals surface area contributed by atoms with Crippen molar-refractivity contribution in [3.63, 3.8) is 0 Å². The Morgan fingerprint density at radius 1 is 1.03 bits per heavy atom. The minimum absolute atomic E-state index is 0.184. The minimum Gasteiger partial charge on any atom is -0.325 e. The summed E-state index contributed by atoms with van der Waals surface area (Å²) in [5, 5.41) is 14.9. The Morgan fingerprint density at radius 3 is 2.73 bits per heavy atom. The molecule has 0 bridgehead atoms. The smallest absolute Gasteiger partial charge is 0.256 e. The summed E-state index contributed by atoms with van der Waals surface area (Å²) in [4.78, 5) is 29.3. The van der Waals surface area contributed by atoms with Gasteiger partial charge in [-0.3, -0.25) is 9.59 Å². The molecule has 30 heavy (non-hydrogen) atoms. The molecule has 2 aromatic carbocycles. The third kappa shape index (κ3) is 4.64. The largest absolute Gasteiger partial charge is 0.325 e. The minimum atomic E-state index is -0.303. The van der Waals surface area contributed by atoms with Crippen molar-refractivity contribution in [2.24, 2.45) is 7.05 Å². The number of anilines is 2. The lowest BCUT2D eigenvalue weighted by Gasteiger charge is -2.08. The number of para-hydroxylation sites is 1. The molecule has 0 aliphatic rings. The third-order valence-corrected chi connectivity index (χ3v) is 5.29. The fourth-order valence-corrected chi connectivity index (χ4v) is 3.48. The summed E-state index contributed by atoms with van der Waals surface area (Å²) in [7, 11) is 1.81. The first-order valence-electron chi connectivity index (χ1n) is 9.12. The van der Waals surface area contributed by atoms with Crippen molar-refractivity contribution in [3.8, 4) is 0 Å². The van der Waals surface area contributed by atoms with E-state index in [1.54, 1.807) is 41.2 Å². The zero-order chi connectivity index (χ0) is 20.9. The van der Waals surface area contributed by atoms with Crippen LogP contribution in [0.1, 0.15) is 10.4 Å². The van der Waals surface area contributed by atoms with E-state index in [1.165, 1.54) is 11.8 Å². The number of fused-ring (bicyclic) bond motifs is 1. The van der Waals surface area contributed by atoms with Crippen LogP contribution >= 0.6 is 11.8 Å². The number of aromatic nitrogens is 4. The topological polar surface area (TPSA) is 102 Å². The molecule has 0 atom stereocenters. The SMILES string of the molecule is Cn1cnnc1SCC(=O)Nc1cccc(C(=O)Nc2ccc3ccccc3n2)c1. The van der Waals surface area contributed by atoms with Crippen LogP contribution in [-0.2, 0) is 11.8 Å². The van der Waals surface area contributed by atoms with Crippen molar-refractivity contribution in [1.29, 1.82) is 0 Å². The van der Waals surface area contributed by atoms with Gasteiger partial charge in [-0.05, 0) is 36.4 Å². The van der Waals surface area contributed by atoms with E-state index in [-0.39, 0.29) is 17.6 Å². The van der Waals surface area contributed by atoms with E-state index >= 15 is 0 Å². The fraction of sp³-hybridized carbons (Fsp3) is 0.0952. The van der Waals surface area contributed by atoms with Crippen LogP contribution in [0.3, 0.4) is 0 Å². The first-order valence-corrected chi connectivity index (χ1v) is 10.1. The van der Waals surface area contributed by atoms with E-state index in [0.717, 1.165) is 10.9 Å². The average molecular weight is 418 g/mol. The van der Waals surface area contributed by atoms with Crippen molar-refractivity contribution in [3.05, 3.63) is 72.6 Å². The number of aryl methyl sites for hydroxylation is 1. The predicted molar refractivity (Wildman–Crippen MR) is 116 cm³/mol. The molecule has 0 saturated heterocycles. The van der Waals surface area contributed by atoms with Crippen molar-refractivity contribution < 1.29 is 9.59 Å². The molecule has 0 saturated carbocycles. The molecule has 150 valence electrons. The molecule has 0 unspecified atom stereocenters. The summed E-state index contributed by atoms with van der Waals surface area (Å²) < 4.78 is 1.74. The average Bonchev–Trinajstić information content (AvgIpc) is 3.17. The van der Waals surface area contributed by atoms with E-state index < -0.39 is 0 Å². The maximum Gasteiger partial charge on any atom is 0.256 e. The van der Waals surface area contributed by atoms with Crippen molar-refractivity contribution >= 4 is 46.0 Å². The fourth-order valence-electron chi connectivity index (χ4n) is 2.79. The van der Waals surface area contributed by atoms with Crippen LogP contribution in [0.15, 0.2) is 72.1 Å². The molecule has 0 radical (unpaired) electrons. The van der Waals surface area contributed by atoms with E-state index in [9.17, 15) is 9.59 Å². The number of nitrogens with zero attached hydrogens (tertiary/aromatic N) is 4. The molecule has 2 N–H and O–H groups in total. The van der Waals surface area contributed by atoms with E-state index in [2.05, 4.69) is 25.8 Å². The van der Waals surface area contributed by atoms with Crippen molar-refractivity contribution in [1.82, 2.24) is 19.7 Å². The molecule has 0 aliphatic carbocycles. The van der Waals surface area contributed by atoms with Gasteiger partial charge >= 0.3 is 0 Å². The molecular formula is C21H18N6O2S. The summed E-state index contributed by atoms with van der Waals surface area (Å²) >= 11 is 1.28.